The van der Waals surface area contributed by atoms with Crippen molar-refractivity contribution < 1.29 is 4.79 Å². The summed E-state index contributed by atoms with van der Waals surface area (Å²) in [6.07, 6.45) is 2.22. The molecular formula is C18H26N6OS. The van der Waals surface area contributed by atoms with E-state index in [4.69, 9.17) is 0 Å². The maximum Gasteiger partial charge on any atom is 0.237 e. The van der Waals surface area contributed by atoms with Crippen molar-refractivity contribution in [2.75, 3.05) is 16.8 Å². The van der Waals surface area contributed by atoms with Crippen LogP contribution in [0.1, 0.15) is 46.6 Å². The van der Waals surface area contributed by atoms with Crippen LogP contribution in [0, 0.1) is 0 Å². The lowest BCUT2D eigenvalue weighted by Gasteiger charge is -2.27. The van der Waals surface area contributed by atoms with E-state index in [1.54, 1.807) is 0 Å². The Morgan fingerprint density at radius 1 is 1.31 bits per heavy atom. The van der Waals surface area contributed by atoms with E-state index in [1.165, 1.54) is 11.8 Å². The van der Waals surface area contributed by atoms with Crippen molar-refractivity contribution in [2.24, 2.45) is 0 Å². The van der Waals surface area contributed by atoms with Crippen molar-refractivity contribution in [3.05, 3.63) is 24.3 Å². The highest BCUT2D eigenvalue weighted by Gasteiger charge is 2.29. The molecule has 0 bridgehead atoms. The van der Waals surface area contributed by atoms with E-state index in [0.29, 0.717) is 17.2 Å². The summed E-state index contributed by atoms with van der Waals surface area (Å²) in [5.74, 6) is -0.0516. The quantitative estimate of drug-likeness (QED) is 0.714. The number of rotatable bonds is 8. The monoisotopic (exact) mass is 374 g/mol. The molecule has 1 amide bonds. The summed E-state index contributed by atoms with van der Waals surface area (Å²) in [6, 6.07) is 8.83. The number of thioether (sulfide) groups is 1. The Bertz CT molecular complexity index is 740. The smallest absolute Gasteiger partial charge is 0.237 e. The minimum absolute atomic E-state index is 0.0516. The van der Waals surface area contributed by atoms with E-state index in [0.717, 1.165) is 30.8 Å². The van der Waals surface area contributed by atoms with Gasteiger partial charge in [0, 0.05) is 24.0 Å². The highest BCUT2D eigenvalue weighted by Crippen LogP contribution is 2.37. The molecule has 26 heavy (non-hydrogen) atoms. The number of nitrogens with one attached hydrogen (secondary N) is 1. The molecule has 1 fully saturated rings. The van der Waals surface area contributed by atoms with Gasteiger partial charge in [-0.25, -0.2) is 4.68 Å². The van der Waals surface area contributed by atoms with Gasteiger partial charge < -0.3 is 10.2 Å². The molecule has 1 unspecified atom stereocenters. The molecule has 0 aliphatic heterocycles. The van der Waals surface area contributed by atoms with Gasteiger partial charge in [0.15, 0.2) is 0 Å². The first-order chi connectivity index (χ1) is 12.5. The van der Waals surface area contributed by atoms with E-state index in [9.17, 15) is 4.79 Å². The summed E-state index contributed by atoms with van der Waals surface area (Å²) in [7, 11) is 0. The number of carbonyl (C=O) groups excluding carboxylic acids is 1. The van der Waals surface area contributed by atoms with E-state index in [2.05, 4.69) is 46.5 Å². The molecule has 0 radical (unpaired) electrons. The number of benzene rings is 1. The van der Waals surface area contributed by atoms with Crippen LogP contribution >= 0.6 is 11.8 Å². The van der Waals surface area contributed by atoms with Crippen LogP contribution in [0.15, 0.2) is 29.4 Å². The summed E-state index contributed by atoms with van der Waals surface area (Å²) in [5, 5.41) is 15.2. The summed E-state index contributed by atoms with van der Waals surface area (Å²) in [5.41, 5.74) is 1.96. The average Bonchev–Trinajstić information content (AvgIpc) is 3.36. The van der Waals surface area contributed by atoms with Crippen LogP contribution < -0.4 is 10.2 Å². The van der Waals surface area contributed by atoms with Crippen molar-refractivity contribution in [3.63, 3.8) is 0 Å². The van der Waals surface area contributed by atoms with Gasteiger partial charge in [0.2, 0.25) is 11.1 Å². The van der Waals surface area contributed by atoms with Crippen LogP contribution in [0.3, 0.4) is 0 Å². The zero-order valence-electron chi connectivity index (χ0n) is 15.7. The number of aromatic nitrogens is 4. The molecule has 0 spiro atoms. The van der Waals surface area contributed by atoms with Gasteiger partial charge >= 0.3 is 0 Å². The Morgan fingerprint density at radius 2 is 2.00 bits per heavy atom. The second-order valence-electron chi connectivity index (χ2n) is 6.81. The van der Waals surface area contributed by atoms with Crippen molar-refractivity contribution >= 4 is 29.0 Å². The molecule has 1 heterocycles. The fraction of sp³-hybridized carbons (Fsp3) is 0.556. The molecule has 1 atom stereocenters. The fourth-order valence-corrected chi connectivity index (χ4v) is 3.71. The molecule has 3 rings (SSSR count). The molecule has 1 N–H and O–H groups in total. The van der Waals surface area contributed by atoms with Crippen molar-refractivity contribution in [1.29, 1.82) is 0 Å². The van der Waals surface area contributed by atoms with Crippen LogP contribution in [0.4, 0.5) is 11.4 Å². The summed E-state index contributed by atoms with van der Waals surface area (Å²) in [6.45, 7) is 9.31. The van der Waals surface area contributed by atoms with Gasteiger partial charge in [0.25, 0.3) is 0 Å². The highest BCUT2D eigenvalue weighted by atomic mass is 32.2. The molecule has 7 nitrogen and oxygen atoms in total. The molecule has 1 aliphatic rings. The third kappa shape index (κ3) is 4.35. The average molecular weight is 375 g/mol. The maximum atomic E-state index is 12.5. The molecule has 2 aromatic rings. The first-order valence-electron chi connectivity index (χ1n) is 9.11. The minimum Gasteiger partial charge on any atom is -0.369 e. The largest absolute Gasteiger partial charge is 0.369 e. The van der Waals surface area contributed by atoms with Crippen LogP contribution in [0.2, 0.25) is 0 Å². The molecule has 1 aromatic carbocycles. The molecule has 140 valence electrons. The van der Waals surface area contributed by atoms with Crippen LogP contribution in [0.25, 0.3) is 0 Å². The second kappa shape index (κ2) is 8.07. The Balaban J connectivity index is 1.59. The van der Waals surface area contributed by atoms with Crippen LogP contribution in [-0.2, 0) is 4.79 Å². The number of hydrogen-bond acceptors (Lipinski definition) is 6. The maximum absolute atomic E-state index is 12.5. The summed E-state index contributed by atoms with van der Waals surface area (Å²) in [4.78, 5) is 14.8. The molecule has 1 aromatic heterocycles. The van der Waals surface area contributed by atoms with Crippen molar-refractivity contribution in [3.8, 4) is 0 Å². The normalized spacial score (nSPS) is 15.1. The Hall–Kier alpha value is -2.09. The Labute approximate surface area is 158 Å². The predicted octanol–water partition coefficient (Wildman–Crippen LogP) is 3.36. The summed E-state index contributed by atoms with van der Waals surface area (Å²) >= 11 is 1.39. The zero-order valence-corrected chi connectivity index (χ0v) is 16.5. The Kier molecular flexibility index (Phi) is 5.80. The number of amides is 1. The minimum atomic E-state index is -0.277. The van der Waals surface area contributed by atoms with Crippen molar-refractivity contribution in [1.82, 2.24) is 20.2 Å². The van der Waals surface area contributed by atoms with E-state index in [1.807, 2.05) is 35.9 Å². The van der Waals surface area contributed by atoms with Gasteiger partial charge in [-0.05, 0) is 75.2 Å². The lowest BCUT2D eigenvalue weighted by molar-refractivity contribution is -0.115. The molecular weight excluding hydrogens is 348 g/mol. The van der Waals surface area contributed by atoms with Gasteiger partial charge in [-0.15, -0.1) is 5.10 Å². The Morgan fingerprint density at radius 3 is 2.58 bits per heavy atom. The van der Waals surface area contributed by atoms with Gasteiger partial charge in [0.05, 0.1) is 11.3 Å². The van der Waals surface area contributed by atoms with Crippen LogP contribution in [-0.4, -0.2) is 44.0 Å². The highest BCUT2D eigenvalue weighted by molar-refractivity contribution is 8.00. The topological polar surface area (TPSA) is 75.9 Å². The predicted molar refractivity (Wildman–Crippen MR) is 105 cm³/mol. The lowest BCUT2D eigenvalue weighted by atomic mass is 10.2. The number of carbonyl (C=O) groups is 1. The van der Waals surface area contributed by atoms with E-state index >= 15 is 0 Å². The molecule has 1 aliphatic carbocycles. The van der Waals surface area contributed by atoms with E-state index in [-0.39, 0.29) is 11.2 Å². The van der Waals surface area contributed by atoms with E-state index < -0.39 is 0 Å². The number of hydrogen-bond donors (Lipinski definition) is 1. The van der Waals surface area contributed by atoms with Gasteiger partial charge in [-0.3, -0.25) is 4.79 Å². The number of nitrogens with zero attached hydrogens (tertiary/aromatic N) is 5. The first-order valence-corrected chi connectivity index (χ1v) is 9.99. The third-order valence-corrected chi connectivity index (χ3v) is 5.48. The first kappa shape index (κ1) is 18.7. The van der Waals surface area contributed by atoms with Gasteiger partial charge in [0.1, 0.15) is 0 Å². The molecule has 1 saturated carbocycles. The molecule has 8 heteroatoms. The van der Waals surface area contributed by atoms with Gasteiger partial charge in [-0.1, -0.05) is 11.8 Å². The number of anilines is 2. The van der Waals surface area contributed by atoms with Crippen LogP contribution in [0.5, 0.6) is 0 Å². The standard InChI is InChI=1S/C18H26N6OS/c1-5-23(12(2)3)15-8-6-14(7-9-15)19-17(25)13(4)26-18-20-21-22-24(18)16-10-11-16/h6-9,12-13,16H,5,10-11H2,1-4H3,(H,19,25). The van der Waals surface area contributed by atoms with Gasteiger partial charge in [-0.2, -0.15) is 0 Å². The second-order valence-corrected chi connectivity index (χ2v) is 8.12. The zero-order chi connectivity index (χ0) is 18.7. The fourth-order valence-electron chi connectivity index (χ4n) is 2.85. The lowest BCUT2D eigenvalue weighted by Crippen LogP contribution is -2.30. The number of tetrazole rings is 1. The van der Waals surface area contributed by atoms with Crippen molar-refractivity contribution in [2.45, 2.75) is 63.0 Å². The SMILES string of the molecule is CCN(c1ccc(NC(=O)C(C)Sc2nnnn2C2CC2)cc1)C(C)C. The summed E-state index contributed by atoms with van der Waals surface area (Å²) < 4.78 is 1.83. The third-order valence-electron chi connectivity index (χ3n) is 4.44. The molecule has 0 saturated heterocycles.